The van der Waals surface area contributed by atoms with Gasteiger partial charge in [0.1, 0.15) is 0 Å². The van der Waals surface area contributed by atoms with Crippen molar-refractivity contribution in [1.82, 2.24) is 4.72 Å². The fourth-order valence-corrected chi connectivity index (χ4v) is 3.54. The Morgan fingerprint density at radius 2 is 1.85 bits per heavy atom. The highest BCUT2D eigenvalue weighted by Crippen LogP contribution is 2.21. The predicted molar refractivity (Wildman–Crippen MR) is 81.2 cm³/mol. The van der Waals surface area contributed by atoms with Gasteiger partial charge in [-0.15, -0.1) is 0 Å². The fraction of sp³-hybridized carbons (Fsp3) is 0.600. The third kappa shape index (κ3) is 4.58. The lowest BCUT2D eigenvalue weighted by molar-refractivity contribution is 0.281. The summed E-state index contributed by atoms with van der Waals surface area (Å²) in [4.78, 5) is 0.275. The van der Waals surface area contributed by atoms with Crippen molar-refractivity contribution in [3.63, 3.8) is 0 Å². The summed E-state index contributed by atoms with van der Waals surface area (Å²) in [6, 6.07) is 3.37. The molecule has 20 heavy (non-hydrogen) atoms. The summed E-state index contributed by atoms with van der Waals surface area (Å²) >= 11 is 0. The molecule has 0 aromatic heterocycles. The highest BCUT2D eigenvalue weighted by Gasteiger charge is 2.18. The van der Waals surface area contributed by atoms with Gasteiger partial charge in [0.25, 0.3) is 0 Å². The number of rotatable bonds is 8. The highest BCUT2D eigenvalue weighted by molar-refractivity contribution is 7.89. The summed E-state index contributed by atoms with van der Waals surface area (Å²) < 4.78 is 27.3. The van der Waals surface area contributed by atoms with E-state index in [1.807, 2.05) is 13.0 Å². The van der Waals surface area contributed by atoms with Gasteiger partial charge in [0.2, 0.25) is 10.0 Å². The molecule has 0 heterocycles. The van der Waals surface area contributed by atoms with E-state index in [9.17, 15) is 13.5 Å². The first-order valence-corrected chi connectivity index (χ1v) is 8.61. The van der Waals surface area contributed by atoms with Crippen LogP contribution in [-0.4, -0.2) is 20.1 Å². The first-order valence-electron chi connectivity index (χ1n) is 7.13. The lowest BCUT2D eigenvalue weighted by atomic mass is 10.1. The molecule has 0 unspecified atom stereocenters. The minimum Gasteiger partial charge on any atom is -0.392 e. The minimum atomic E-state index is -3.49. The Bertz CT molecular complexity index is 538. The molecule has 4 nitrogen and oxygen atoms in total. The molecular formula is C15H25NO3S. The Labute approximate surface area is 122 Å². The van der Waals surface area contributed by atoms with Crippen LogP contribution in [0.25, 0.3) is 0 Å². The van der Waals surface area contributed by atoms with E-state index in [4.69, 9.17) is 0 Å². The average molecular weight is 299 g/mol. The van der Waals surface area contributed by atoms with Gasteiger partial charge in [-0.3, -0.25) is 0 Å². The molecule has 114 valence electrons. The minimum absolute atomic E-state index is 0.153. The Kier molecular flexibility index (Phi) is 6.65. The van der Waals surface area contributed by atoms with Crippen LogP contribution in [0, 0.1) is 13.8 Å². The van der Waals surface area contributed by atoms with Crippen molar-refractivity contribution in [2.24, 2.45) is 0 Å². The summed E-state index contributed by atoms with van der Waals surface area (Å²) in [5.74, 6) is 0. The molecule has 0 saturated carbocycles. The zero-order valence-corrected chi connectivity index (χ0v) is 13.4. The number of aryl methyl sites for hydroxylation is 1. The molecule has 0 spiro atoms. The molecule has 1 rings (SSSR count). The molecule has 1 aromatic carbocycles. The van der Waals surface area contributed by atoms with Crippen LogP contribution < -0.4 is 4.72 Å². The molecule has 0 fully saturated rings. The van der Waals surface area contributed by atoms with Gasteiger partial charge in [0.05, 0.1) is 11.5 Å². The molecule has 0 amide bonds. The molecular weight excluding hydrogens is 274 g/mol. The number of nitrogens with one attached hydrogen (secondary N) is 1. The predicted octanol–water partition coefficient (Wildman–Crippen LogP) is 2.65. The van der Waals surface area contributed by atoms with Crippen LogP contribution in [0.15, 0.2) is 17.0 Å². The van der Waals surface area contributed by atoms with Gasteiger partial charge < -0.3 is 5.11 Å². The van der Waals surface area contributed by atoms with Crippen molar-refractivity contribution in [2.45, 2.75) is 58.0 Å². The van der Waals surface area contributed by atoms with Crippen molar-refractivity contribution in [2.75, 3.05) is 6.54 Å². The van der Waals surface area contributed by atoms with Gasteiger partial charge in [-0.25, -0.2) is 13.1 Å². The largest absolute Gasteiger partial charge is 0.392 e. The number of benzene rings is 1. The third-order valence-corrected chi connectivity index (χ3v) is 5.06. The normalized spacial score (nSPS) is 11.8. The quantitative estimate of drug-likeness (QED) is 0.725. The monoisotopic (exact) mass is 299 g/mol. The van der Waals surface area contributed by atoms with Crippen molar-refractivity contribution < 1.29 is 13.5 Å². The van der Waals surface area contributed by atoms with E-state index in [1.54, 1.807) is 13.0 Å². The fourth-order valence-electron chi connectivity index (χ4n) is 2.11. The maximum Gasteiger partial charge on any atom is 0.240 e. The molecule has 5 heteroatoms. The van der Waals surface area contributed by atoms with Crippen LogP contribution in [-0.2, 0) is 16.6 Å². The van der Waals surface area contributed by atoms with Crippen LogP contribution in [0.2, 0.25) is 0 Å². The van der Waals surface area contributed by atoms with E-state index in [0.29, 0.717) is 12.1 Å². The highest BCUT2D eigenvalue weighted by atomic mass is 32.2. The van der Waals surface area contributed by atoms with Crippen LogP contribution in [0.3, 0.4) is 0 Å². The van der Waals surface area contributed by atoms with Crippen LogP contribution in [0.4, 0.5) is 0 Å². The van der Waals surface area contributed by atoms with Gasteiger partial charge in [0, 0.05) is 6.54 Å². The van der Waals surface area contributed by atoms with E-state index in [1.165, 1.54) is 0 Å². The lowest BCUT2D eigenvalue weighted by Crippen LogP contribution is -2.26. The summed E-state index contributed by atoms with van der Waals surface area (Å²) in [6.07, 6.45) is 4.14. The zero-order chi connectivity index (χ0) is 15.2. The number of sulfonamides is 1. The number of aliphatic hydroxyl groups is 1. The summed E-state index contributed by atoms with van der Waals surface area (Å²) in [5, 5.41) is 9.20. The van der Waals surface area contributed by atoms with Crippen molar-refractivity contribution in [3.8, 4) is 0 Å². The Morgan fingerprint density at radius 1 is 1.15 bits per heavy atom. The number of hydrogen-bond acceptors (Lipinski definition) is 3. The summed E-state index contributed by atoms with van der Waals surface area (Å²) in [6.45, 7) is 6.08. The molecule has 0 aliphatic carbocycles. The molecule has 0 aliphatic heterocycles. The van der Waals surface area contributed by atoms with Crippen LogP contribution in [0.1, 0.15) is 49.3 Å². The van der Waals surface area contributed by atoms with E-state index in [2.05, 4.69) is 11.6 Å². The maximum absolute atomic E-state index is 12.3. The second-order valence-corrected chi connectivity index (χ2v) is 6.89. The molecule has 0 atom stereocenters. The number of hydrogen-bond donors (Lipinski definition) is 2. The zero-order valence-electron chi connectivity index (χ0n) is 12.6. The Balaban J connectivity index is 2.84. The van der Waals surface area contributed by atoms with E-state index >= 15 is 0 Å². The summed E-state index contributed by atoms with van der Waals surface area (Å²) in [7, 11) is -3.49. The molecule has 0 bridgehead atoms. The first kappa shape index (κ1) is 17.1. The van der Waals surface area contributed by atoms with Gasteiger partial charge in [-0.2, -0.15) is 0 Å². The molecule has 0 radical (unpaired) electrons. The van der Waals surface area contributed by atoms with Crippen LogP contribution in [0.5, 0.6) is 0 Å². The van der Waals surface area contributed by atoms with E-state index in [-0.39, 0.29) is 11.5 Å². The Morgan fingerprint density at radius 3 is 2.45 bits per heavy atom. The molecule has 0 aliphatic rings. The SMILES string of the molecule is CCCCCCNS(=O)(=O)c1cc(CO)cc(C)c1C. The van der Waals surface area contributed by atoms with Crippen molar-refractivity contribution >= 4 is 10.0 Å². The van der Waals surface area contributed by atoms with Gasteiger partial charge in [0.15, 0.2) is 0 Å². The standard InChI is InChI=1S/C15H25NO3S/c1-4-5-6-7-8-16-20(18,19)15-10-14(11-17)9-12(2)13(15)3/h9-10,16-17H,4-8,11H2,1-3H3. The second-order valence-electron chi connectivity index (χ2n) is 5.15. The average Bonchev–Trinajstić information content (AvgIpc) is 2.41. The molecule has 0 saturated heterocycles. The lowest BCUT2D eigenvalue weighted by Gasteiger charge is -2.13. The van der Waals surface area contributed by atoms with E-state index in [0.717, 1.165) is 36.8 Å². The van der Waals surface area contributed by atoms with Gasteiger partial charge in [-0.05, 0) is 43.0 Å². The maximum atomic E-state index is 12.3. The summed E-state index contributed by atoms with van der Waals surface area (Å²) in [5.41, 5.74) is 2.24. The smallest absolute Gasteiger partial charge is 0.240 e. The Hall–Kier alpha value is -0.910. The molecule has 1 aromatic rings. The third-order valence-electron chi connectivity index (χ3n) is 3.47. The van der Waals surface area contributed by atoms with Crippen molar-refractivity contribution in [3.05, 3.63) is 28.8 Å². The first-order chi connectivity index (χ1) is 9.42. The number of unbranched alkanes of at least 4 members (excludes halogenated alkanes) is 3. The molecule has 2 N–H and O–H groups in total. The van der Waals surface area contributed by atoms with Crippen molar-refractivity contribution in [1.29, 1.82) is 0 Å². The van der Waals surface area contributed by atoms with E-state index < -0.39 is 10.0 Å². The second kappa shape index (κ2) is 7.76. The van der Waals surface area contributed by atoms with Gasteiger partial charge >= 0.3 is 0 Å². The van der Waals surface area contributed by atoms with Gasteiger partial charge in [-0.1, -0.05) is 32.3 Å². The topological polar surface area (TPSA) is 66.4 Å². The number of aliphatic hydroxyl groups excluding tert-OH is 1. The van der Waals surface area contributed by atoms with Crippen LogP contribution >= 0.6 is 0 Å².